The van der Waals surface area contributed by atoms with Gasteiger partial charge in [-0.05, 0) is 54.1 Å². The van der Waals surface area contributed by atoms with Crippen molar-refractivity contribution in [2.45, 2.75) is 13.0 Å². The minimum atomic E-state index is -0.153. The second-order valence-electron chi connectivity index (χ2n) is 6.33. The third-order valence-electron chi connectivity index (χ3n) is 4.25. The molecule has 4 rings (SSSR count). The summed E-state index contributed by atoms with van der Waals surface area (Å²) in [4.78, 5) is 16.4. The molecule has 0 saturated heterocycles. The van der Waals surface area contributed by atoms with E-state index in [1.807, 2.05) is 24.3 Å². The highest BCUT2D eigenvalue weighted by Crippen LogP contribution is 2.30. The van der Waals surface area contributed by atoms with E-state index in [9.17, 15) is 4.79 Å². The predicted molar refractivity (Wildman–Crippen MR) is 104 cm³/mol. The molecule has 28 heavy (non-hydrogen) atoms. The van der Waals surface area contributed by atoms with E-state index in [1.54, 1.807) is 42.7 Å². The third-order valence-corrected chi connectivity index (χ3v) is 4.25. The number of amides is 1. The monoisotopic (exact) mass is 376 g/mol. The predicted octanol–water partition coefficient (Wildman–Crippen LogP) is 3.97. The number of carbonyl (C=O) groups excluding carboxylic acids is 1. The Hall–Kier alpha value is -3.54. The van der Waals surface area contributed by atoms with Gasteiger partial charge in [0, 0.05) is 24.7 Å². The van der Waals surface area contributed by atoms with Gasteiger partial charge in [-0.25, -0.2) is 0 Å². The highest BCUT2D eigenvalue weighted by molar-refractivity contribution is 5.94. The number of nitrogens with one attached hydrogen (secondary N) is 1. The number of hydrogen-bond donors (Lipinski definition) is 1. The summed E-state index contributed by atoms with van der Waals surface area (Å²) in [7, 11) is 0. The Labute approximate surface area is 163 Å². The van der Waals surface area contributed by atoms with Gasteiger partial charge in [0.05, 0.1) is 19.4 Å². The number of pyridine rings is 1. The number of ether oxygens (including phenoxy) is 3. The maximum absolute atomic E-state index is 12.4. The lowest BCUT2D eigenvalue weighted by atomic mass is 10.1. The van der Waals surface area contributed by atoms with Gasteiger partial charge in [-0.3, -0.25) is 9.78 Å². The average Bonchev–Trinajstić information content (AvgIpc) is 2.98. The minimum absolute atomic E-state index is 0.153. The molecule has 1 aliphatic rings. The van der Waals surface area contributed by atoms with Crippen LogP contribution in [0.4, 0.5) is 0 Å². The number of fused-ring (bicyclic) bond motifs is 1. The second kappa shape index (κ2) is 8.43. The molecule has 0 spiro atoms. The molecule has 0 aliphatic carbocycles. The molecule has 3 aromatic rings. The van der Waals surface area contributed by atoms with Crippen LogP contribution in [0, 0.1) is 0 Å². The molecule has 0 unspecified atom stereocenters. The molecular weight excluding hydrogens is 356 g/mol. The summed E-state index contributed by atoms with van der Waals surface area (Å²) in [6.07, 6.45) is 4.18. The summed E-state index contributed by atoms with van der Waals surface area (Å²) in [5, 5.41) is 2.92. The Morgan fingerprint density at radius 3 is 2.61 bits per heavy atom. The minimum Gasteiger partial charge on any atom is -0.490 e. The zero-order chi connectivity index (χ0) is 19.2. The lowest BCUT2D eigenvalue weighted by molar-refractivity contribution is 0.0951. The van der Waals surface area contributed by atoms with Crippen LogP contribution in [-0.4, -0.2) is 24.1 Å². The molecule has 6 heteroatoms. The molecule has 2 heterocycles. The summed E-state index contributed by atoms with van der Waals surface area (Å²) >= 11 is 0. The molecule has 0 saturated carbocycles. The molecule has 1 N–H and O–H groups in total. The average molecular weight is 376 g/mol. The summed E-state index contributed by atoms with van der Waals surface area (Å²) in [6, 6.07) is 16.3. The van der Waals surface area contributed by atoms with Gasteiger partial charge >= 0.3 is 0 Å². The van der Waals surface area contributed by atoms with E-state index in [2.05, 4.69) is 10.3 Å². The van der Waals surface area contributed by atoms with E-state index in [4.69, 9.17) is 14.2 Å². The Morgan fingerprint density at radius 2 is 1.82 bits per heavy atom. The maximum Gasteiger partial charge on any atom is 0.251 e. The molecule has 1 aromatic heterocycles. The zero-order valence-corrected chi connectivity index (χ0v) is 15.3. The smallest absolute Gasteiger partial charge is 0.251 e. The lowest BCUT2D eigenvalue weighted by Gasteiger charge is -2.10. The van der Waals surface area contributed by atoms with Crippen LogP contribution >= 0.6 is 0 Å². The molecule has 0 atom stereocenters. The van der Waals surface area contributed by atoms with Crippen molar-refractivity contribution >= 4 is 5.91 Å². The Bertz CT molecular complexity index is 943. The molecule has 0 bridgehead atoms. The first-order valence-electron chi connectivity index (χ1n) is 9.12. The summed E-state index contributed by atoms with van der Waals surface area (Å²) in [5.41, 5.74) is 1.52. The van der Waals surface area contributed by atoms with E-state index in [-0.39, 0.29) is 5.91 Å². The number of carbonyl (C=O) groups is 1. The van der Waals surface area contributed by atoms with Gasteiger partial charge in [0.1, 0.15) is 11.5 Å². The summed E-state index contributed by atoms with van der Waals surface area (Å²) < 4.78 is 17.0. The third kappa shape index (κ3) is 4.40. The van der Waals surface area contributed by atoms with Gasteiger partial charge in [-0.1, -0.05) is 6.07 Å². The van der Waals surface area contributed by atoms with Crippen LogP contribution < -0.4 is 19.5 Å². The van der Waals surface area contributed by atoms with Crippen molar-refractivity contribution in [3.8, 4) is 23.0 Å². The van der Waals surface area contributed by atoms with Gasteiger partial charge in [0.2, 0.25) is 0 Å². The summed E-state index contributed by atoms with van der Waals surface area (Å²) in [5.74, 6) is 2.61. The van der Waals surface area contributed by atoms with E-state index in [0.29, 0.717) is 36.8 Å². The first-order valence-corrected chi connectivity index (χ1v) is 9.12. The zero-order valence-electron chi connectivity index (χ0n) is 15.3. The lowest BCUT2D eigenvalue weighted by Crippen LogP contribution is -2.22. The van der Waals surface area contributed by atoms with Crippen LogP contribution in [0.25, 0.3) is 0 Å². The van der Waals surface area contributed by atoms with Gasteiger partial charge in [-0.15, -0.1) is 0 Å². The van der Waals surface area contributed by atoms with Crippen molar-refractivity contribution in [2.24, 2.45) is 0 Å². The van der Waals surface area contributed by atoms with Crippen LogP contribution in [0.5, 0.6) is 23.0 Å². The van der Waals surface area contributed by atoms with Crippen molar-refractivity contribution in [3.63, 3.8) is 0 Å². The van der Waals surface area contributed by atoms with Crippen LogP contribution in [0.2, 0.25) is 0 Å². The molecule has 0 fully saturated rings. The number of benzene rings is 2. The molecule has 142 valence electrons. The van der Waals surface area contributed by atoms with Crippen LogP contribution in [-0.2, 0) is 6.54 Å². The van der Waals surface area contributed by atoms with Crippen molar-refractivity contribution in [2.75, 3.05) is 13.2 Å². The Balaban J connectivity index is 1.35. The molecule has 1 aliphatic heterocycles. The quantitative estimate of drug-likeness (QED) is 0.730. The standard InChI is InChI=1S/C22H20N2O4/c25-22(17-5-7-18(8-6-17)28-19-3-1-10-23-15-19)24-14-16-4-9-20-21(13-16)27-12-2-11-26-20/h1,3-10,13,15H,2,11-12,14H2,(H,24,25). The number of aromatic nitrogens is 1. The molecule has 6 nitrogen and oxygen atoms in total. The first-order chi connectivity index (χ1) is 13.8. The van der Waals surface area contributed by atoms with Gasteiger partial charge < -0.3 is 19.5 Å². The summed E-state index contributed by atoms with van der Waals surface area (Å²) in [6.45, 7) is 1.70. The van der Waals surface area contributed by atoms with Gasteiger partial charge in [0.25, 0.3) is 5.91 Å². The first kappa shape index (κ1) is 17.9. The topological polar surface area (TPSA) is 69.7 Å². The second-order valence-corrected chi connectivity index (χ2v) is 6.33. The number of rotatable bonds is 5. The van der Waals surface area contributed by atoms with Gasteiger partial charge in [-0.2, -0.15) is 0 Å². The molecule has 2 aromatic carbocycles. The fraction of sp³-hybridized carbons (Fsp3) is 0.182. The Kier molecular flexibility index (Phi) is 5.38. The van der Waals surface area contributed by atoms with E-state index >= 15 is 0 Å². The highest BCUT2D eigenvalue weighted by atomic mass is 16.5. The molecule has 1 amide bonds. The highest BCUT2D eigenvalue weighted by Gasteiger charge is 2.12. The van der Waals surface area contributed by atoms with Crippen molar-refractivity contribution in [1.82, 2.24) is 10.3 Å². The fourth-order valence-corrected chi connectivity index (χ4v) is 2.82. The van der Waals surface area contributed by atoms with E-state index in [1.165, 1.54) is 0 Å². The maximum atomic E-state index is 12.4. The normalized spacial score (nSPS) is 12.7. The van der Waals surface area contributed by atoms with Crippen molar-refractivity contribution in [3.05, 3.63) is 78.1 Å². The largest absolute Gasteiger partial charge is 0.490 e. The number of nitrogens with zero attached hydrogens (tertiary/aromatic N) is 1. The van der Waals surface area contributed by atoms with Crippen LogP contribution in [0.3, 0.4) is 0 Å². The molecule has 0 radical (unpaired) electrons. The van der Waals surface area contributed by atoms with Crippen LogP contribution in [0.15, 0.2) is 67.0 Å². The van der Waals surface area contributed by atoms with Crippen molar-refractivity contribution in [1.29, 1.82) is 0 Å². The number of hydrogen-bond acceptors (Lipinski definition) is 5. The van der Waals surface area contributed by atoms with Crippen LogP contribution in [0.1, 0.15) is 22.3 Å². The van der Waals surface area contributed by atoms with Crippen molar-refractivity contribution < 1.29 is 19.0 Å². The van der Waals surface area contributed by atoms with Gasteiger partial charge in [0.15, 0.2) is 11.5 Å². The molecular formula is C22H20N2O4. The Morgan fingerprint density at radius 1 is 1.00 bits per heavy atom. The van der Waals surface area contributed by atoms with E-state index < -0.39 is 0 Å². The SMILES string of the molecule is O=C(NCc1ccc2c(c1)OCCCO2)c1ccc(Oc2cccnc2)cc1. The van der Waals surface area contributed by atoms with E-state index in [0.717, 1.165) is 23.5 Å². The fourth-order valence-electron chi connectivity index (χ4n) is 2.82.